The number of aromatic nitrogens is 4. The van der Waals surface area contributed by atoms with Gasteiger partial charge in [0, 0.05) is 23.1 Å². The summed E-state index contributed by atoms with van der Waals surface area (Å²) in [5.41, 5.74) is 12.5. The van der Waals surface area contributed by atoms with Crippen molar-refractivity contribution in [2.75, 3.05) is 18.1 Å². The smallest absolute Gasteiger partial charge is 0.145 e. The van der Waals surface area contributed by atoms with Crippen LogP contribution in [0.15, 0.2) is 47.3 Å². The number of fused-ring (bicyclic) bond motifs is 2. The quantitative estimate of drug-likeness (QED) is 0.335. The van der Waals surface area contributed by atoms with Crippen LogP contribution in [0, 0.1) is 5.41 Å². The van der Waals surface area contributed by atoms with E-state index < -0.39 is 17.6 Å². The topological polar surface area (TPSA) is 145 Å². The Morgan fingerprint density at radius 3 is 2.81 bits per heavy atom. The molecule has 0 amide bonds. The minimum absolute atomic E-state index is 0.218. The number of aliphatic hydroxyl groups excluding tert-OH is 2. The number of pyridine rings is 1. The van der Waals surface area contributed by atoms with Crippen molar-refractivity contribution in [1.29, 1.82) is 0 Å². The molecule has 0 bridgehead atoms. The van der Waals surface area contributed by atoms with Gasteiger partial charge in [-0.25, -0.2) is 15.0 Å². The number of aliphatic hydroxyl groups is 2. The Morgan fingerprint density at radius 2 is 2.00 bits per heavy atom. The molecule has 0 spiro atoms. The molecule has 3 aromatic heterocycles. The maximum Gasteiger partial charge on any atom is 0.145 e. The van der Waals surface area contributed by atoms with Gasteiger partial charge in [-0.1, -0.05) is 6.92 Å². The van der Waals surface area contributed by atoms with Gasteiger partial charge >= 0.3 is 0 Å². The number of hydrogen-bond acceptors (Lipinski definition) is 8. The standard InChI is InChI=1S/C22H23BrN6O3/c1-22(9-32-12-3-2-11-6-14(23)20(25)28-15(11)7-12)8-16(17(30)18(22)31)29-5-4-13-19(24)26-10-27-21(13)29/h2-7,10,16-18,30-31H,8-9H2,1H3,(H2,25,28)(H2,24,26,27)/t16-,17+,18+,22+/m1/s1. The van der Waals surface area contributed by atoms with E-state index in [0.717, 1.165) is 9.86 Å². The van der Waals surface area contributed by atoms with Crippen LogP contribution in [0.4, 0.5) is 11.6 Å². The third-order valence-electron chi connectivity index (χ3n) is 6.34. The molecule has 6 N–H and O–H groups in total. The van der Waals surface area contributed by atoms with Crippen LogP contribution in [-0.4, -0.2) is 48.5 Å². The average molecular weight is 499 g/mol. The van der Waals surface area contributed by atoms with Crippen LogP contribution >= 0.6 is 15.9 Å². The summed E-state index contributed by atoms with van der Waals surface area (Å²) in [6.45, 7) is 2.12. The van der Waals surface area contributed by atoms with Crippen molar-refractivity contribution in [1.82, 2.24) is 19.5 Å². The van der Waals surface area contributed by atoms with Gasteiger partial charge in [0.1, 0.15) is 35.5 Å². The highest BCUT2D eigenvalue weighted by Gasteiger charge is 2.51. The normalized spacial score (nSPS) is 25.6. The Morgan fingerprint density at radius 1 is 1.19 bits per heavy atom. The number of benzene rings is 1. The average Bonchev–Trinajstić information content (AvgIpc) is 3.29. The summed E-state index contributed by atoms with van der Waals surface area (Å²) in [4.78, 5) is 12.7. The summed E-state index contributed by atoms with van der Waals surface area (Å²) in [6, 6.07) is 8.92. The van der Waals surface area contributed by atoms with E-state index in [-0.39, 0.29) is 12.6 Å². The molecule has 0 unspecified atom stereocenters. The van der Waals surface area contributed by atoms with Crippen molar-refractivity contribution >= 4 is 49.5 Å². The Labute approximate surface area is 192 Å². The third kappa shape index (κ3) is 3.35. The molecule has 0 saturated heterocycles. The molecule has 1 saturated carbocycles. The predicted octanol–water partition coefficient (Wildman–Crippen LogP) is 2.66. The van der Waals surface area contributed by atoms with E-state index in [4.69, 9.17) is 16.2 Å². The maximum absolute atomic E-state index is 10.9. The van der Waals surface area contributed by atoms with Crippen molar-refractivity contribution in [2.45, 2.75) is 31.6 Å². The van der Waals surface area contributed by atoms with E-state index >= 15 is 0 Å². The first-order valence-corrected chi connectivity index (χ1v) is 11.0. The van der Waals surface area contributed by atoms with Crippen LogP contribution in [0.5, 0.6) is 5.75 Å². The van der Waals surface area contributed by atoms with Crippen molar-refractivity contribution in [3.63, 3.8) is 0 Å². The fourth-order valence-electron chi connectivity index (χ4n) is 4.48. The van der Waals surface area contributed by atoms with E-state index in [9.17, 15) is 10.2 Å². The monoisotopic (exact) mass is 498 g/mol. The maximum atomic E-state index is 10.9. The highest BCUT2D eigenvalue weighted by molar-refractivity contribution is 9.10. The lowest BCUT2D eigenvalue weighted by Gasteiger charge is -2.28. The summed E-state index contributed by atoms with van der Waals surface area (Å²) in [7, 11) is 0. The number of hydrogen-bond donors (Lipinski definition) is 4. The molecule has 5 rings (SSSR count). The SMILES string of the molecule is C[C@@]1(COc2ccc3cc(Br)c(N)nc3c2)C[C@@H](n2ccc3c(N)ncnc32)[C@H](O)[C@@H]1O. The fraction of sp³-hybridized carbons (Fsp3) is 0.318. The van der Waals surface area contributed by atoms with Crippen LogP contribution in [0.3, 0.4) is 0 Å². The molecule has 1 aliphatic rings. The Bertz CT molecular complexity index is 1330. The van der Waals surface area contributed by atoms with E-state index in [1.54, 1.807) is 0 Å². The van der Waals surface area contributed by atoms with E-state index in [1.165, 1.54) is 6.33 Å². The van der Waals surface area contributed by atoms with E-state index in [0.29, 0.717) is 40.4 Å². The zero-order valence-corrected chi connectivity index (χ0v) is 18.9. The number of nitrogens with zero attached hydrogens (tertiary/aromatic N) is 4. The number of halogens is 1. The zero-order valence-electron chi connectivity index (χ0n) is 17.3. The van der Waals surface area contributed by atoms with Gasteiger partial charge in [0.2, 0.25) is 0 Å². The molecular weight excluding hydrogens is 476 g/mol. The van der Waals surface area contributed by atoms with Gasteiger partial charge in [-0.2, -0.15) is 0 Å². The molecule has 4 atom stereocenters. The van der Waals surface area contributed by atoms with Crippen molar-refractivity contribution in [2.24, 2.45) is 5.41 Å². The van der Waals surface area contributed by atoms with Crippen molar-refractivity contribution in [3.8, 4) is 5.75 Å². The van der Waals surface area contributed by atoms with E-state index in [2.05, 4.69) is 30.9 Å². The fourth-order valence-corrected chi connectivity index (χ4v) is 4.82. The molecule has 0 aliphatic heterocycles. The molecule has 4 aromatic rings. The molecule has 32 heavy (non-hydrogen) atoms. The van der Waals surface area contributed by atoms with Crippen LogP contribution in [0.1, 0.15) is 19.4 Å². The molecular formula is C22H23BrN6O3. The molecule has 3 heterocycles. The van der Waals surface area contributed by atoms with Gasteiger partial charge in [-0.3, -0.25) is 0 Å². The summed E-state index contributed by atoms with van der Waals surface area (Å²) in [5, 5.41) is 23.4. The molecule has 10 heteroatoms. The van der Waals surface area contributed by atoms with Gasteiger partial charge in [-0.15, -0.1) is 0 Å². The van der Waals surface area contributed by atoms with Crippen molar-refractivity contribution in [3.05, 3.63) is 47.3 Å². The lowest BCUT2D eigenvalue weighted by atomic mass is 9.87. The molecule has 1 aliphatic carbocycles. The molecule has 1 aromatic carbocycles. The minimum Gasteiger partial charge on any atom is -0.493 e. The summed E-state index contributed by atoms with van der Waals surface area (Å²) in [6.07, 6.45) is 1.75. The van der Waals surface area contributed by atoms with E-state index in [1.807, 2.05) is 48.0 Å². The first kappa shape index (κ1) is 20.9. The number of nitrogen functional groups attached to an aromatic ring is 2. The molecule has 1 fully saturated rings. The number of anilines is 2. The van der Waals surface area contributed by atoms with Crippen LogP contribution in [-0.2, 0) is 0 Å². The Kier molecular flexibility index (Phi) is 4.95. The van der Waals surface area contributed by atoms with Gasteiger partial charge in [0.05, 0.1) is 34.1 Å². The Balaban J connectivity index is 1.38. The minimum atomic E-state index is -0.981. The first-order valence-electron chi connectivity index (χ1n) is 10.2. The Hall–Kier alpha value is -2.95. The molecule has 0 radical (unpaired) electrons. The largest absolute Gasteiger partial charge is 0.493 e. The third-order valence-corrected chi connectivity index (χ3v) is 6.98. The van der Waals surface area contributed by atoms with Gasteiger partial charge in [-0.05, 0) is 46.6 Å². The molecule has 9 nitrogen and oxygen atoms in total. The number of rotatable bonds is 4. The van der Waals surface area contributed by atoms with Gasteiger partial charge < -0.3 is 31.0 Å². The second-order valence-corrected chi connectivity index (χ2v) is 9.43. The summed E-state index contributed by atoms with van der Waals surface area (Å²) >= 11 is 3.38. The van der Waals surface area contributed by atoms with Crippen LogP contribution < -0.4 is 16.2 Å². The number of ether oxygens (including phenoxy) is 1. The summed E-state index contributed by atoms with van der Waals surface area (Å²) in [5.74, 6) is 1.40. The van der Waals surface area contributed by atoms with Crippen LogP contribution in [0.25, 0.3) is 21.9 Å². The highest BCUT2D eigenvalue weighted by atomic mass is 79.9. The van der Waals surface area contributed by atoms with Gasteiger partial charge in [0.25, 0.3) is 0 Å². The van der Waals surface area contributed by atoms with Crippen molar-refractivity contribution < 1.29 is 14.9 Å². The van der Waals surface area contributed by atoms with Gasteiger partial charge in [0.15, 0.2) is 0 Å². The number of nitrogens with two attached hydrogens (primary N) is 2. The lowest BCUT2D eigenvalue weighted by Crippen LogP contribution is -2.38. The molecule has 166 valence electrons. The zero-order chi connectivity index (χ0) is 22.6. The second kappa shape index (κ2) is 7.58. The lowest BCUT2D eigenvalue weighted by molar-refractivity contribution is -0.0364. The van der Waals surface area contributed by atoms with Crippen LogP contribution in [0.2, 0.25) is 0 Å². The summed E-state index contributed by atoms with van der Waals surface area (Å²) < 4.78 is 8.64. The second-order valence-electron chi connectivity index (χ2n) is 8.58. The first-order chi connectivity index (χ1) is 15.3. The predicted molar refractivity (Wildman–Crippen MR) is 125 cm³/mol. The highest BCUT2D eigenvalue weighted by Crippen LogP contribution is 2.46.